The van der Waals surface area contributed by atoms with Gasteiger partial charge in [0.25, 0.3) is 0 Å². The van der Waals surface area contributed by atoms with Crippen molar-refractivity contribution in [1.82, 2.24) is 0 Å². The number of hydrazone groups is 2. The van der Waals surface area contributed by atoms with Crippen LogP contribution in [-0.2, 0) is 0 Å². The van der Waals surface area contributed by atoms with Crippen LogP contribution >= 0.6 is 0 Å². The van der Waals surface area contributed by atoms with Gasteiger partial charge in [-0.05, 0) is 0 Å². The normalized spacial score (nSPS) is 20.7. The number of aliphatic hydroxyl groups excluding tert-OH is 5. The second-order valence-corrected chi connectivity index (χ2v) is 3.01. The van der Waals surface area contributed by atoms with Crippen LogP contribution < -0.4 is 11.7 Å². The van der Waals surface area contributed by atoms with Crippen LogP contribution in [0.25, 0.3) is 0 Å². The molecule has 0 aliphatic rings. The van der Waals surface area contributed by atoms with Gasteiger partial charge in [-0.3, -0.25) is 0 Å². The fourth-order valence-electron chi connectivity index (χ4n) is 0.960. The number of rotatable bonds is 6. The van der Waals surface area contributed by atoms with Crippen LogP contribution in [0, 0.1) is 0 Å². The number of nitrogens with two attached hydrogens (primary N) is 2. The van der Waals surface area contributed by atoms with Gasteiger partial charge in [-0.1, -0.05) is 0 Å². The second kappa shape index (κ2) is 7.09. The van der Waals surface area contributed by atoms with E-state index >= 15 is 0 Å². The Morgan fingerprint density at radius 3 is 2.06 bits per heavy atom. The first kappa shape index (κ1) is 14.7. The number of nitrogens with zero attached hydrogens (tertiary/aromatic N) is 2. The summed E-state index contributed by atoms with van der Waals surface area (Å²) in [6, 6.07) is 0. The maximum atomic E-state index is 9.46. The summed E-state index contributed by atoms with van der Waals surface area (Å²) in [5.74, 6) is 9.68. The third kappa shape index (κ3) is 3.72. The van der Waals surface area contributed by atoms with E-state index in [2.05, 4.69) is 10.2 Å². The molecule has 9 heteroatoms. The molecule has 0 fully saturated rings. The fourth-order valence-corrected chi connectivity index (χ4v) is 0.960. The molecule has 9 nitrogen and oxygen atoms in total. The molecule has 0 aromatic carbocycles. The van der Waals surface area contributed by atoms with E-state index in [4.69, 9.17) is 21.9 Å². The van der Waals surface area contributed by atoms with Crippen LogP contribution in [0.4, 0.5) is 0 Å². The zero-order valence-electron chi connectivity index (χ0n) is 8.38. The average Bonchev–Trinajstić information content (AvgIpc) is 2.32. The first-order valence-electron chi connectivity index (χ1n) is 4.33. The summed E-state index contributed by atoms with van der Waals surface area (Å²) in [6.45, 7) is -0.773. The number of aliphatic hydroxyl groups is 5. The predicted octanol–water partition coefficient (Wildman–Crippen LogP) is -4.32. The van der Waals surface area contributed by atoms with Crippen LogP contribution in [0.15, 0.2) is 10.2 Å². The van der Waals surface area contributed by atoms with Gasteiger partial charge in [0, 0.05) is 0 Å². The van der Waals surface area contributed by atoms with Gasteiger partial charge in [0.2, 0.25) is 0 Å². The highest BCUT2D eigenvalue weighted by atomic mass is 16.4. The van der Waals surface area contributed by atoms with Crippen molar-refractivity contribution < 1.29 is 25.5 Å². The molecule has 0 spiro atoms. The van der Waals surface area contributed by atoms with Crippen LogP contribution in [0.2, 0.25) is 0 Å². The van der Waals surface area contributed by atoms with Crippen LogP contribution in [0.3, 0.4) is 0 Å². The Balaban J connectivity index is 4.65. The van der Waals surface area contributed by atoms with E-state index in [-0.39, 0.29) is 5.71 Å². The highest BCUT2D eigenvalue weighted by Gasteiger charge is 2.32. The quantitative estimate of drug-likeness (QED) is 0.138. The highest BCUT2D eigenvalue weighted by Crippen LogP contribution is 2.06. The van der Waals surface area contributed by atoms with Crippen LogP contribution in [0.1, 0.15) is 0 Å². The van der Waals surface area contributed by atoms with E-state index in [9.17, 15) is 15.3 Å². The standard InChI is InChI=1S/C7H16N4O5/c8-10-1-3(11-9)5(14)7(16)6(15)4(13)2-12/h1,4-7,12-16H,2,8-9H2. The van der Waals surface area contributed by atoms with Crippen molar-refractivity contribution in [2.24, 2.45) is 21.9 Å². The maximum Gasteiger partial charge on any atom is 0.128 e. The monoisotopic (exact) mass is 236 g/mol. The Kier molecular flexibility index (Phi) is 6.53. The largest absolute Gasteiger partial charge is 0.394 e. The van der Waals surface area contributed by atoms with E-state index < -0.39 is 31.0 Å². The molecule has 16 heavy (non-hydrogen) atoms. The third-order valence-electron chi connectivity index (χ3n) is 1.91. The predicted molar refractivity (Wildman–Crippen MR) is 55.4 cm³/mol. The maximum absolute atomic E-state index is 9.46. The lowest BCUT2D eigenvalue weighted by molar-refractivity contribution is -0.100. The van der Waals surface area contributed by atoms with E-state index in [1.54, 1.807) is 0 Å². The molecule has 0 saturated heterocycles. The van der Waals surface area contributed by atoms with Crippen molar-refractivity contribution >= 4 is 11.9 Å². The van der Waals surface area contributed by atoms with Crippen LogP contribution in [-0.4, -0.2) is 68.5 Å². The molecule has 0 aromatic rings. The molecular formula is C7H16N4O5. The van der Waals surface area contributed by atoms with Gasteiger partial charge in [0.15, 0.2) is 0 Å². The Labute approximate surface area is 91.3 Å². The fraction of sp³-hybridized carbons (Fsp3) is 0.714. The molecule has 4 unspecified atom stereocenters. The molecular weight excluding hydrogens is 220 g/mol. The molecule has 0 bridgehead atoms. The smallest absolute Gasteiger partial charge is 0.128 e. The Morgan fingerprint density at radius 2 is 1.69 bits per heavy atom. The molecule has 0 radical (unpaired) electrons. The van der Waals surface area contributed by atoms with Gasteiger partial charge < -0.3 is 37.2 Å². The topological polar surface area (TPSA) is 178 Å². The highest BCUT2D eigenvalue weighted by molar-refractivity contribution is 6.32. The second-order valence-electron chi connectivity index (χ2n) is 3.01. The lowest BCUT2D eigenvalue weighted by Crippen LogP contribution is -2.49. The third-order valence-corrected chi connectivity index (χ3v) is 1.91. The molecule has 9 N–H and O–H groups in total. The lowest BCUT2D eigenvalue weighted by atomic mass is 10.0. The van der Waals surface area contributed by atoms with Crippen molar-refractivity contribution in [3.05, 3.63) is 0 Å². The minimum Gasteiger partial charge on any atom is -0.394 e. The summed E-state index contributed by atoms with van der Waals surface area (Å²) in [5.41, 5.74) is -0.279. The van der Waals surface area contributed by atoms with E-state index in [1.165, 1.54) is 0 Å². The molecule has 0 aromatic heterocycles. The van der Waals surface area contributed by atoms with E-state index in [1.807, 2.05) is 0 Å². The van der Waals surface area contributed by atoms with Gasteiger partial charge in [-0.15, -0.1) is 0 Å². The van der Waals surface area contributed by atoms with Crippen molar-refractivity contribution in [3.63, 3.8) is 0 Å². The summed E-state index contributed by atoms with van der Waals surface area (Å²) in [6.07, 6.45) is -5.95. The average molecular weight is 236 g/mol. The van der Waals surface area contributed by atoms with E-state index in [0.29, 0.717) is 0 Å². The molecule has 0 aliphatic heterocycles. The molecule has 0 aliphatic carbocycles. The minimum absolute atomic E-state index is 0.279. The molecule has 94 valence electrons. The summed E-state index contributed by atoms with van der Waals surface area (Å²) in [4.78, 5) is 0. The Hall–Kier alpha value is -1.26. The zero-order valence-corrected chi connectivity index (χ0v) is 8.38. The molecule has 4 atom stereocenters. The number of hydrogen-bond donors (Lipinski definition) is 7. The summed E-state index contributed by atoms with van der Waals surface area (Å²) in [5, 5.41) is 51.8. The SMILES string of the molecule is NN=CC(=NN)C(O)C(O)C(O)C(O)CO. The van der Waals surface area contributed by atoms with Crippen molar-refractivity contribution in [1.29, 1.82) is 0 Å². The van der Waals surface area contributed by atoms with Gasteiger partial charge in [-0.25, -0.2) is 0 Å². The molecule has 0 saturated carbocycles. The summed E-state index contributed by atoms with van der Waals surface area (Å²) >= 11 is 0. The Morgan fingerprint density at radius 1 is 1.12 bits per heavy atom. The summed E-state index contributed by atoms with van der Waals surface area (Å²) < 4.78 is 0. The molecule has 0 heterocycles. The Bertz CT molecular complexity index is 259. The lowest BCUT2D eigenvalue weighted by Gasteiger charge is -2.25. The zero-order chi connectivity index (χ0) is 12.7. The van der Waals surface area contributed by atoms with Gasteiger partial charge in [-0.2, -0.15) is 10.2 Å². The van der Waals surface area contributed by atoms with Gasteiger partial charge in [0.05, 0.1) is 12.8 Å². The van der Waals surface area contributed by atoms with Crippen molar-refractivity contribution in [3.8, 4) is 0 Å². The molecule has 0 amide bonds. The first-order valence-corrected chi connectivity index (χ1v) is 4.33. The van der Waals surface area contributed by atoms with Crippen molar-refractivity contribution in [2.75, 3.05) is 6.61 Å². The van der Waals surface area contributed by atoms with Gasteiger partial charge >= 0.3 is 0 Å². The van der Waals surface area contributed by atoms with Gasteiger partial charge in [0.1, 0.15) is 30.1 Å². The summed E-state index contributed by atoms with van der Waals surface area (Å²) in [7, 11) is 0. The minimum atomic E-state index is -1.79. The molecule has 0 rings (SSSR count). The first-order chi connectivity index (χ1) is 7.49. The van der Waals surface area contributed by atoms with Crippen LogP contribution in [0.5, 0.6) is 0 Å². The number of hydrogen-bond acceptors (Lipinski definition) is 9. The van der Waals surface area contributed by atoms with Crippen molar-refractivity contribution in [2.45, 2.75) is 24.4 Å². The van der Waals surface area contributed by atoms with E-state index in [0.717, 1.165) is 6.21 Å².